The number of β-amino-alcohol motifs (C(OH)–C–C–N with tert-alkyl or cyclic N) is 1. The number of rotatable bonds is 4. The second-order valence-electron chi connectivity index (χ2n) is 7.92. The van der Waals surface area contributed by atoms with E-state index in [0.717, 1.165) is 64.1 Å². The molecule has 1 aromatic rings. The first-order chi connectivity index (χ1) is 12.2. The summed E-state index contributed by atoms with van der Waals surface area (Å²) in [6.45, 7) is 6.08. The number of nitrogens with zero attached hydrogens (tertiary/aromatic N) is 2. The molecule has 1 amide bonds. The van der Waals surface area contributed by atoms with Crippen LogP contribution in [0.15, 0.2) is 30.3 Å². The van der Waals surface area contributed by atoms with Crippen LogP contribution in [0.3, 0.4) is 0 Å². The van der Waals surface area contributed by atoms with Crippen molar-refractivity contribution in [2.75, 3.05) is 45.8 Å². The number of carbonyl (C=O) groups excluding carboxylic acids is 1. The highest BCUT2D eigenvalue weighted by molar-refractivity contribution is 5.85. The fraction of sp³-hybridized carbons (Fsp3) is 0.650. The lowest BCUT2D eigenvalue weighted by atomic mass is 9.91. The predicted octanol–water partition coefficient (Wildman–Crippen LogP) is 2.10. The van der Waals surface area contributed by atoms with Crippen molar-refractivity contribution in [2.45, 2.75) is 25.4 Å². The molecule has 2 unspecified atom stereocenters. The minimum atomic E-state index is -0.454. The smallest absolute Gasteiger partial charge is 0.226 e. The fourth-order valence-corrected chi connectivity index (χ4v) is 4.57. The van der Waals surface area contributed by atoms with Crippen LogP contribution in [0.5, 0.6) is 0 Å². The third-order valence-corrected chi connectivity index (χ3v) is 6.39. The SMILES string of the molecule is Cl.Cl.O=C(C1CC12CCNCC2)N1CCN(CC(O)c2ccccc2)CC1. The van der Waals surface area contributed by atoms with E-state index >= 15 is 0 Å². The van der Waals surface area contributed by atoms with E-state index in [-0.39, 0.29) is 30.7 Å². The van der Waals surface area contributed by atoms with Gasteiger partial charge in [-0.1, -0.05) is 30.3 Å². The molecule has 1 aromatic carbocycles. The van der Waals surface area contributed by atoms with E-state index < -0.39 is 6.10 Å². The van der Waals surface area contributed by atoms with Gasteiger partial charge in [0.2, 0.25) is 5.91 Å². The van der Waals surface area contributed by atoms with Crippen molar-refractivity contribution in [3.05, 3.63) is 35.9 Å². The molecule has 1 aliphatic carbocycles. The monoisotopic (exact) mass is 415 g/mol. The van der Waals surface area contributed by atoms with Crippen molar-refractivity contribution < 1.29 is 9.90 Å². The maximum absolute atomic E-state index is 12.8. The number of aliphatic hydroxyl groups is 1. The molecule has 3 aliphatic rings. The predicted molar refractivity (Wildman–Crippen MR) is 112 cm³/mol. The molecule has 4 rings (SSSR count). The van der Waals surface area contributed by atoms with Crippen molar-refractivity contribution in [2.24, 2.45) is 11.3 Å². The Labute approximate surface area is 174 Å². The molecule has 1 spiro atoms. The van der Waals surface area contributed by atoms with E-state index in [1.54, 1.807) is 0 Å². The molecule has 2 saturated heterocycles. The summed E-state index contributed by atoms with van der Waals surface area (Å²) in [4.78, 5) is 17.2. The van der Waals surface area contributed by atoms with E-state index in [1.807, 2.05) is 30.3 Å². The quantitative estimate of drug-likeness (QED) is 0.790. The van der Waals surface area contributed by atoms with Gasteiger partial charge < -0.3 is 15.3 Å². The zero-order valence-corrected chi connectivity index (χ0v) is 17.3. The molecule has 0 aromatic heterocycles. The molecule has 1 saturated carbocycles. The molecular weight excluding hydrogens is 385 g/mol. The molecule has 152 valence electrons. The van der Waals surface area contributed by atoms with Crippen LogP contribution in [-0.2, 0) is 4.79 Å². The largest absolute Gasteiger partial charge is 0.387 e. The Morgan fingerprint density at radius 2 is 1.74 bits per heavy atom. The number of hydrogen-bond donors (Lipinski definition) is 2. The first-order valence-corrected chi connectivity index (χ1v) is 9.63. The number of aliphatic hydroxyl groups excluding tert-OH is 1. The molecular formula is C20H31Cl2N3O2. The zero-order chi connectivity index (χ0) is 17.3. The number of hydrogen-bond acceptors (Lipinski definition) is 4. The topological polar surface area (TPSA) is 55.8 Å². The molecule has 2 atom stereocenters. The van der Waals surface area contributed by atoms with Crippen molar-refractivity contribution in [1.29, 1.82) is 0 Å². The molecule has 7 heteroatoms. The number of piperazine rings is 1. The lowest BCUT2D eigenvalue weighted by Gasteiger charge is -2.36. The van der Waals surface area contributed by atoms with E-state index in [2.05, 4.69) is 15.1 Å². The average molecular weight is 416 g/mol. The number of piperidine rings is 1. The molecule has 27 heavy (non-hydrogen) atoms. The highest BCUT2D eigenvalue weighted by Gasteiger charge is 2.58. The van der Waals surface area contributed by atoms with Crippen molar-refractivity contribution in [3.8, 4) is 0 Å². The number of halogens is 2. The summed E-state index contributed by atoms with van der Waals surface area (Å²) in [5.74, 6) is 0.654. The van der Waals surface area contributed by atoms with Gasteiger partial charge in [-0.25, -0.2) is 0 Å². The average Bonchev–Trinajstić information content (AvgIpc) is 3.35. The summed E-state index contributed by atoms with van der Waals surface area (Å²) < 4.78 is 0. The molecule has 0 bridgehead atoms. The Hall–Kier alpha value is -0.850. The molecule has 3 fully saturated rings. The normalized spacial score (nSPS) is 25.2. The van der Waals surface area contributed by atoms with E-state index in [9.17, 15) is 9.90 Å². The Balaban J connectivity index is 0.00000131. The fourth-order valence-electron chi connectivity index (χ4n) is 4.57. The van der Waals surface area contributed by atoms with Crippen LogP contribution in [-0.4, -0.2) is 66.6 Å². The van der Waals surface area contributed by atoms with Gasteiger partial charge in [-0.2, -0.15) is 0 Å². The second kappa shape index (κ2) is 9.57. The van der Waals surface area contributed by atoms with Gasteiger partial charge in [0, 0.05) is 38.6 Å². The third-order valence-electron chi connectivity index (χ3n) is 6.39. The first-order valence-electron chi connectivity index (χ1n) is 9.63. The van der Waals surface area contributed by atoms with Gasteiger partial charge in [-0.15, -0.1) is 24.8 Å². The molecule has 2 N–H and O–H groups in total. The number of nitrogens with one attached hydrogen (secondary N) is 1. The van der Waals surface area contributed by atoms with Gasteiger partial charge in [0.25, 0.3) is 0 Å². The van der Waals surface area contributed by atoms with Gasteiger partial charge in [-0.3, -0.25) is 9.69 Å². The highest BCUT2D eigenvalue weighted by Crippen LogP contribution is 2.59. The van der Waals surface area contributed by atoms with E-state index in [0.29, 0.717) is 17.9 Å². The Kier molecular flexibility index (Phi) is 7.95. The highest BCUT2D eigenvalue weighted by atomic mass is 35.5. The summed E-state index contributed by atoms with van der Waals surface area (Å²) in [6, 6.07) is 9.82. The van der Waals surface area contributed by atoms with Crippen LogP contribution in [0.4, 0.5) is 0 Å². The second-order valence-corrected chi connectivity index (χ2v) is 7.92. The minimum Gasteiger partial charge on any atom is -0.387 e. The van der Waals surface area contributed by atoms with Gasteiger partial charge in [0.1, 0.15) is 0 Å². The molecule has 0 radical (unpaired) electrons. The number of amides is 1. The summed E-state index contributed by atoms with van der Waals surface area (Å²) >= 11 is 0. The molecule has 5 nitrogen and oxygen atoms in total. The van der Waals surface area contributed by atoms with Gasteiger partial charge in [0.15, 0.2) is 0 Å². The number of carbonyl (C=O) groups is 1. The van der Waals surface area contributed by atoms with Crippen molar-refractivity contribution >= 4 is 30.7 Å². The van der Waals surface area contributed by atoms with Crippen LogP contribution in [0.1, 0.15) is 30.9 Å². The number of benzene rings is 1. The first kappa shape index (κ1) is 22.4. The van der Waals surface area contributed by atoms with Gasteiger partial charge >= 0.3 is 0 Å². The molecule has 2 aliphatic heterocycles. The van der Waals surface area contributed by atoms with Gasteiger partial charge in [-0.05, 0) is 43.3 Å². The molecule has 2 heterocycles. The minimum absolute atomic E-state index is 0. The van der Waals surface area contributed by atoms with Crippen molar-refractivity contribution in [1.82, 2.24) is 15.1 Å². The maximum atomic E-state index is 12.8. The third kappa shape index (κ3) is 4.96. The van der Waals surface area contributed by atoms with E-state index in [4.69, 9.17) is 0 Å². The lowest BCUT2D eigenvalue weighted by Crippen LogP contribution is -2.50. The van der Waals surface area contributed by atoms with Gasteiger partial charge in [0.05, 0.1) is 6.10 Å². The van der Waals surface area contributed by atoms with Crippen LogP contribution >= 0.6 is 24.8 Å². The van der Waals surface area contributed by atoms with E-state index in [1.165, 1.54) is 0 Å². The Bertz CT molecular complexity index is 603. The Morgan fingerprint density at radius 1 is 1.11 bits per heavy atom. The standard InChI is InChI=1S/C20H29N3O2.2ClH/c24-18(16-4-2-1-3-5-16)15-22-10-12-23(13-11-22)19(25)17-14-20(17)6-8-21-9-7-20;;/h1-5,17-18,21,24H,6-15H2;2*1H. The maximum Gasteiger partial charge on any atom is 0.226 e. The summed E-state index contributed by atoms with van der Waals surface area (Å²) in [7, 11) is 0. The van der Waals surface area contributed by atoms with Crippen LogP contribution in [0, 0.1) is 11.3 Å². The Morgan fingerprint density at radius 3 is 2.37 bits per heavy atom. The summed E-state index contributed by atoms with van der Waals surface area (Å²) in [5, 5.41) is 13.8. The van der Waals surface area contributed by atoms with Crippen molar-refractivity contribution in [3.63, 3.8) is 0 Å². The van der Waals surface area contributed by atoms with Crippen LogP contribution in [0.25, 0.3) is 0 Å². The lowest BCUT2D eigenvalue weighted by molar-refractivity contribution is -0.135. The van der Waals surface area contributed by atoms with Crippen LogP contribution < -0.4 is 5.32 Å². The summed E-state index contributed by atoms with van der Waals surface area (Å²) in [5.41, 5.74) is 1.29. The van der Waals surface area contributed by atoms with Crippen LogP contribution in [0.2, 0.25) is 0 Å². The summed E-state index contributed by atoms with van der Waals surface area (Å²) in [6.07, 6.45) is 2.96. The zero-order valence-electron chi connectivity index (χ0n) is 15.7.